The number of benzene rings is 1. The van der Waals surface area contributed by atoms with Crippen molar-refractivity contribution in [3.63, 3.8) is 0 Å². The predicted octanol–water partition coefficient (Wildman–Crippen LogP) is 5.81. The summed E-state index contributed by atoms with van der Waals surface area (Å²) >= 11 is 0. The number of carbonyl (C=O) groups excluding carboxylic acids is 2. The van der Waals surface area contributed by atoms with Crippen LogP contribution in [0.25, 0.3) is 0 Å². The summed E-state index contributed by atoms with van der Waals surface area (Å²) in [6.07, 6.45) is -2.69. The molecule has 0 saturated carbocycles. The summed E-state index contributed by atoms with van der Waals surface area (Å²) in [5, 5.41) is 5.20. The van der Waals surface area contributed by atoms with Gasteiger partial charge in [0.05, 0.1) is 11.9 Å². The number of rotatable bonds is 9. The second kappa shape index (κ2) is 11.1. The number of aryl methyl sites for hydroxylation is 1. The highest BCUT2D eigenvalue weighted by Gasteiger charge is 2.29. The molecule has 2 N–H and O–H groups in total. The van der Waals surface area contributed by atoms with Crippen LogP contribution in [0.5, 0.6) is 17.4 Å². The van der Waals surface area contributed by atoms with Crippen LogP contribution in [0.1, 0.15) is 53.0 Å². The number of amides is 2. The fourth-order valence-corrected chi connectivity index (χ4v) is 2.65. The van der Waals surface area contributed by atoms with E-state index in [4.69, 9.17) is 14.2 Å². The van der Waals surface area contributed by atoms with Gasteiger partial charge in [-0.2, -0.15) is 8.78 Å². The first-order valence-corrected chi connectivity index (χ1v) is 10.9. The third-order valence-electron chi connectivity index (χ3n) is 4.47. The highest BCUT2D eigenvalue weighted by Crippen LogP contribution is 2.32. The monoisotopic (exact) mass is 479 g/mol. The molecule has 2 aromatic rings. The highest BCUT2D eigenvalue weighted by atomic mass is 19.3. The molecule has 8 nitrogen and oxygen atoms in total. The standard InChI is InChI=1S/C24H31F2N3O5/c1-7-18(29-22(31)34-23(4,5)6)21(30)28-16-10-12-20(27-14-16)32-17-11-9-15(3)19(13-17)33-24(25,26)8-2/h9-14,18H,7-8H2,1-6H3,(H,28,30)(H,29,31). The van der Waals surface area contributed by atoms with Crippen molar-refractivity contribution in [1.29, 1.82) is 0 Å². The van der Waals surface area contributed by atoms with Gasteiger partial charge in [-0.1, -0.05) is 19.9 Å². The average Bonchev–Trinajstić information content (AvgIpc) is 2.74. The average molecular weight is 480 g/mol. The Hall–Kier alpha value is -3.43. The minimum absolute atomic E-state index is 0.0105. The van der Waals surface area contributed by atoms with Gasteiger partial charge in [0.2, 0.25) is 11.8 Å². The smallest absolute Gasteiger partial charge is 0.408 e. The number of hydrogen-bond donors (Lipinski definition) is 2. The van der Waals surface area contributed by atoms with E-state index in [1.54, 1.807) is 52.8 Å². The largest absolute Gasteiger partial charge is 0.444 e. The van der Waals surface area contributed by atoms with Gasteiger partial charge in [-0.3, -0.25) is 4.79 Å². The van der Waals surface area contributed by atoms with Crippen LogP contribution >= 0.6 is 0 Å². The molecule has 2 rings (SSSR count). The number of alkyl carbamates (subject to hydrolysis) is 1. The van der Waals surface area contributed by atoms with Crippen LogP contribution in [0.15, 0.2) is 36.5 Å². The second-order valence-corrected chi connectivity index (χ2v) is 8.60. The van der Waals surface area contributed by atoms with Gasteiger partial charge in [0.1, 0.15) is 23.1 Å². The Morgan fingerprint density at radius 2 is 1.82 bits per heavy atom. The molecule has 0 spiro atoms. The lowest BCUT2D eigenvalue weighted by atomic mass is 10.2. The van der Waals surface area contributed by atoms with Gasteiger partial charge in [-0.05, 0) is 51.8 Å². The maximum Gasteiger partial charge on any atom is 0.408 e. The lowest BCUT2D eigenvalue weighted by Crippen LogP contribution is -2.45. The molecule has 10 heteroatoms. The van der Waals surface area contributed by atoms with Crippen molar-refractivity contribution in [2.45, 2.75) is 72.1 Å². The number of ether oxygens (including phenoxy) is 3. The summed E-state index contributed by atoms with van der Waals surface area (Å²) in [7, 11) is 0. The van der Waals surface area contributed by atoms with Gasteiger partial charge in [0.15, 0.2) is 0 Å². The zero-order chi connectivity index (χ0) is 25.5. The number of hydrogen-bond acceptors (Lipinski definition) is 6. The second-order valence-electron chi connectivity index (χ2n) is 8.60. The van der Waals surface area contributed by atoms with Crippen LogP contribution in [-0.4, -0.2) is 34.7 Å². The van der Waals surface area contributed by atoms with E-state index in [9.17, 15) is 18.4 Å². The SMILES string of the molecule is CCC(NC(=O)OC(C)(C)C)C(=O)Nc1ccc(Oc2ccc(C)c(OC(F)(F)CC)c2)nc1. The molecule has 1 atom stereocenters. The van der Waals surface area contributed by atoms with Crippen molar-refractivity contribution in [2.75, 3.05) is 5.32 Å². The summed E-state index contributed by atoms with van der Waals surface area (Å²) in [5.74, 6) is 0.0377. The first kappa shape index (κ1) is 26.8. The number of carbonyl (C=O) groups is 2. The Balaban J connectivity index is 2.01. The topological polar surface area (TPSA) is 98.8 Å². The summed E-state index contributed by atoms with van der Waals surface area (Å²) in [6, 6.07) is 6.87. The van der Waals surface area contributed by atoms with E-state index in [1.807, 2.05) is 0 Å². The van der Waals surface area contributed by atoms with E-state index >= 15 is 0 Å². The number of nitrogens with one attached hydrogen (secondary N) is 2. The minimum atomic E-state index is -3.28. The van der Waals surface area contributed by atoms with E-state index in [0.717, 1.165) is 0 Å². The molecule has 2 amide bonds. The molecule has 0 aliphatic rings. The van der Waals surface area contributed by atoms with Crippen LogP contribution in [0.3, 0.4) is 0 Å². The first-order valence-electron chi connectivity index (χ1n) is 10.9. The van der Waals surface area contributed by atoms with Gasteiger partial charge in [-0.25, -0.2) is 9.78 Å². The highest BCUT2D eigenvalue weighted by molar-refractivity contribution is 5.96. The molecule has 0 saturated heterocycles. The summed E-state index contributed by atoms with van der Waals surface area (Å²) < 4.78 is 42.8. The van der Waals surface area contributed by atoms with E-state index in [2.05, 4.69) is 15.6 Å². The predicted molar refractivity (Wildman–Crippen MR) is 123 cm³/mol. The Morgan fingerprint density at radius 1 is 1.12 bits per heavy atom. The number of anilines is 1. The number of alkyl halides is 2. The zero-order valence-corrected chi connectivity index (χ0v) is 20.2. The van der Waals surface area contributed by atoms with Gasteiger partial charge in [-0.15, -0.1) is 0 Å². The summed E-state index contributed by atoms with van der Waals surface area (Å²) in [4.78, 5) is 28.6. The van der Waals surface area contributed by atoms with Crippen LogP contribution in [-0.2, 0) is 9.53 Å². The quantitative estimate of drug-likeness (QED) is 0.471. The normalized spacial score (nSPS) is 12.5. The van der Waals surface area contributed by atoms with Crippen LogP contribution in [0.2, 0.25) is 0 Å². The number of aromatic nitrogens is 1. The number of halogens is 2. The van der Waals surface area contributed by atoms with Crippen molar-refractivity contribution >= 4 is 17.7 Å². The van der Waals surface area contributed by atoms with E-state index in [0.29, 0.717) is 17.7 Å². The minimum Gasteiger partial charge on any atom is -0.444 e. The molecule has 1 aromatic carbocycles. The van der Waals surface area contributed by atoms with Gasteiger partial charge in [0.25, 0.3) is 0 Å². The molecule has 0 aliphatic carbocycles. The van der Waals surface area contributed by atoms with Gasteiger partial charge < -0.3 is 24.8 Å². The number of pyridine rings is 1. The van der Waals surface area contributed by atoms with Crippen molar-refractivity contribution in [3.8, 4) is 17.4 Å². The zero-order valence-electron chi connectivity index (χ0n) is 20.2. The molecule has 0 bridgehead atoms. The lowest BCUT2D eigenvalue weighted by Gasteiger charge is -2.22. The first-order chi connectivity index (χ1) is 15.8. The molecule has 1 aromatic heterocycles. The van der Waals surface area contributed by atoms with Gasteiger partial charge in [0, 0.05) is 18.6 Å². The summed E-state index contributed by atoms with van der Waals surface area (Å²) in [6.45, 7) is 9.93. The Morgan fingerprint density at radius 3 is 2.38 bits per heavy atom. The van der Waals surface area contributed by atoms with Crippen molar-refractivity contribution in [2.24, 2.45) is 0 Å². The molecular weight excluding hydrogens is 448 g/mol. The number of nitrogens with zero attached hydrogens (tertiary/aromatic N) is 1. The maximum atomic E-state index is 13.6. The van der Waals surface area contributed by atoms with Gasteiger partial charge >= 0.3 is 12.2 Å². The third kappa shape index (κ3) is 8.49. The molecule has 0 radical (unpaired) electrons. The van der Waals surface area contributed by atoms with Crippen LogP contribution < -0.4 is 20.1 Å². The summed E-state index contributed by atoms with van der Waals surface area (Å²) in [5.41, 5.74) is 0.245. The van der Waals surface area contributed by atoms with E-state index < -0.39 is 36.2 Å². The Bertz CT molecular complexity index is 991. The van der Waals surface area contributed by atoms with Crippen LogP contribution in [0.4, 0.5) is 19.3 Å². The fraction of sp³-hybridized carbons (Fsp3) is 0.458. The van der Waals surface area contributed by atoms with Crippen LogP contribution in [0, 0.1) is 6.92 Å². The Labute approximate surface area is 198 Å². The molecular formula is C24H31F2N3O5. The fourth-order valence-electron chi connectivity index (χ4n) is 2.65. The van der Waals surface area contributed by atoms with E-state index in [-0.39, 0.29) is 17.4 Å². The third-order valence-corrected chi connectivity index (χ3v) is 4.47. The molecule has 0 aliphatic heterocycles. The van der Waals surface area contributed by atoms with Crippen molar-refractivity contribution in [1.82, 2.24) is 10.3 Å². The molecule has 0 fully saturated rings. The maximum absolute atomic E-state index is 13.6. The lowest BCUT2D eigenvalue weighted by molar-refractivity contribution is -0.177. The van der Waals surface area contributed by atoms with Crippen molar-refractivity contribution in [3.05, 3.63) is 42.1 Å². The van der Waals surface area contributed by atoms with E-state index in [1.165, 1.54) is 25.3 Å². The molecule has 34 heavy (non-hydrogen) atoms. The van der Waals surface area contributed by atoms with Crippen molar-refractivity contribution < 1.29 is 32.6 Å². The molecule has 1 heterocycles. The Kier molecular flexibility index (Phi) is 8.78. The molecule has 1 unspecified atom stereocenters. The molecule has 186 valence electrons.